The summed E-state index contributed by atoms with van der Waals surface area (Å²) >= 11 is 0. The largest absolute Gasteiger partial charge is 0.420 e. The Bertz CT molecular complexity index is 971. The van der Waals surface area contributed by atoms with E-state index in [9.17, 15) is 9.18 Å². The number of piperidine rings is 1. The molecule has 1 unspecified atom stereocenters. The molecule has 7 heteroatoms. The summed E-state index contributed by atoms with van der Waals surface area (Å²) in [5.41, 5.74) is 2.50. The van der Waals surface area contributed by atoms with Gasteiger partial charge in [0, 0.05) is 24.3 Å². The van der Waals surface area contributed by atoms with Crippen molar-refractivity contribution in [3.63, 3.8) is 0 Å². The first-order valence-electron chi connectivity index (χ1n) is 9.31. The zero-order chi connectivity index (χ0) is 19.5. The highest BCUT2D eigenvalue weighted by Gasteiger charge is 2.28. The fourth-order valence-electron chi connectivity index (χ4n) is 3.38. The van der Waals surface area contributed by atoms with Crippen molar-refractivity contribution in [2.24, 2.45) is 0 Å². The average Bonchev–Trinajstić information content (AvgIpc) is 3.21. The molecule has 2 heterocycles. The zero-order valence-electron chi connectivity index (χ0n) is 15.6. The Kier molecular flexibility index (Phi) is 5.06. The monoisotopic (exact) mass is 380 g/mol. The standard InChI is InChI=1S/C21H21FN4O2/c1-14-5-2-3-7-18(14)23-21(27)26-12-4-6-16(13-26)20-25-24-19(28-20)15-8-10-17(22)11-9-15/h2-3,5,7-11,16H,4,6,12-13H2,1H3,(H,23,27). The maximum absolute atomic E-state index is 13.1. The Hall–Kier alpha value is -3.22. The number of nitrogens with zero attached hydrogens (tertiary/aromatic N) is 3. The van der Waals surface area contributed by atoms with Crippen LogP contribution in [0.4, 0.5) is 14.9 Å². The molecule has 0 saturated carbocycles. The highest BCUT2D eigenvalue weighted by molar-refractivity contribution is 5.90. The minimum atomic E-state index is -0.314. The Morgan fingerprint density at radius 3 is 2.75 bits per heavy atom. The molecule has 1 atom stereocenters. The third kappa shape index (κ3) is 3.88. The zero-order valence-corrected chi connectivity index (χ0v) is 15.6. The number of carbonyl (C=O) groups is 1. The van der Waals surface area contributed by atoms with E-state index in [1.54, 1.807) is 17.0 Å². The molecule has 2 amide bonds. The molecular weight excluding hydrogens is 359 g/mol. The predicted octanol–water partition coefficient (Wildman–Crippen LogP) is 4.60. The quantitative estimate of drug-likeness (QED) is 0.721. The molecule has 0 spiro atoms. The lowest BCUT2D eigenvalue weighted by Gasteiger charge is -2.31. The van der Waals surface area contributed by atoms with Crippen molar-refractivity contribution in [1.82, 2.24) is 15.1 Å². The van der Waals surface area contributed by atoms with Crippen LogP contribution in [-0.2, 0) is 0 Å². The SMILES string of the molecule is Cc1ccccc1NC(=O)N1CCCC(c2nnc(-c3ccc(F)cc3)o2)C1. The summed E-state index contributed by atoms with van der Waals surface area (Å²) in [6.45, 7) is 3.17. The topological polar surface area (TPSA) is 71.3 Å². The smallest absolute Gasteiger partial charge is 0.321 e. The predicted molar refractivity (Wildman–Crippen MR) is 103 cm³/mol. The van der Waals surface area contributed by atoms with Crippen LogP contribution in [0.2, 0.25) is 0 Å². The van der Waals surface area contributed by atoms with Crippen molar-refractivity contribution in [1.29, 1.82) is 0 Å². The number of hydrogen-bond acceptors (Lipinski definition) is 4. The number of hydrogen-bond donors (Lipinski definition) is 1. The van der Waals surface area contributed by atoms with E-state index in [1.165, 1.54) is 12.1 Å². The Labute approximate surface area is 162 Å². The lowest BCUT2D eigenvalue weighted by molar-refractivity contribution is 0.187. The van der Waals surface area contributed by atoms with Crippen LogP contribution in [-0.4, -0.2) is 34.2 Å². The van der Waals surface area contributed by atoms with E-state index < -0.39 is 0 Å². The molecular formula is C21H21FN4O2. The molecule has 1 fully saturated rings. The van der Waals surface area contributed by atoms with E-state index in [0.29, 0.717) is 30.4 Å². The van der Waals surface area contributed by atoms with Gasteiger partial charge in [-0.1, -0.05) is 18.2 Å². The molecule has 2 aromatic carbocycles. The maximum Gasteiger partial charge on any atom is 0.321 e. The van der Waals surface area contributed by atoms with Crippen LogP contribution in [0.5, 0.6) is 0 Å². The van der Waals surface area contributed by atoms with Crippen molar-refractivity contribution in [2.45, 2.75) is 25.7 Å². The van der Waals surface area contributed by atoms with Crippen molar-refractivity contribution in [2.75, 3.05) is 18.4 Å². The number of nitrogens with one attached hydrogen (secondary N) is 1. The van der Waals surface area contributed by atoms with Gasteiger partial charge >= 0.3 is 6.03 Å². The summed E-state index contributed by atoms with van der Waals surface area (Å²) in [5.74, 6) is 0.536. The van der Waals surface area contributed by atoms with Crippen molar-refractivity contribution < 1.29 is 13.6 Å². The fraction of sp³-hybridized carbons (Fsp3) is 0.286. The second-order valence-corrected chi connectivity index (χ2v) is 6.98. The van der Waals surface area contributed by atoms with Crippen LogP contribution in [0.25, 0.3) is 11.5 Å². The molecule has 1 N–H and O–H groups in total. The number of halogens is 1. The molecule has 1 aliphatic heterocycles. The average molecular weight is 380 g/mol. The van der Waals surface area contributed by atoms with Gasteiger partial charge in [0.05, 0.1) is 5.92 Å². The molecule has 144 valence electrons. The van der Waals surface area contributed by atoms with Gasteiger partial charge in [0.2, 0.25) is 11.8 Å². The second kappa shape index (κ2) is 7.80. The molecule has 4 rings (SSSR count). The number of carbonyl (C=O) groups excluding carboxylic acids is 1. The highest BCUT2D eigenvalue weighted by Crippen LogP contribution is 2.29. The number of para-hydroxylation sites is 1. The van der Waals surface area contributed by atoms with Gasteiger partial charge in [-0.25, -0.2) is 9.18 Å². The lowest BCUT2D eigenvalue weighted by Crippen LogP contribution is -2.41. The summed E-state index contributed by atoms with van der Waals surface area (Å²) in [7, 11) is 0. The number of urea groups is 1. The number of benzene rings is 2. The molecule has 0 radical (unpaired) electrons. The van der Waals surface area contributed by atoms with E-state index in [1.807, 2.05) is 31.2 Å². The summed E-state index contributed by atoms with van der Waals surface area (Å²) < 4.78 is 18.9. The van der Waals surface area contributed by atoms with Gasteiger partial charge in [-0.2, -0.15) is 0 Å². The van der Waals surface area contributed by atoms with Crippen molar-refractivity contribution >= 4 is 11.7 Å². The van der Waals surface area contributed by atoms with Crippen LogP contribution >= 0.6 is 0 Å². The first kappa shape index (κ1) is 18.2. The maximum atomic E-state index is 13.1. The summed E-state index contributed by atoms with van der Waals surface area (Å²) in [6, 6.07) is 13.5. The molecule has 3 aromatic rings. The molecule has 1 saturated heterocycles. The third-order valence-corrected chi connectivity index (χ3v) is 4.98. The van der Waals surface area contributed by atoms with Gasteiger partial charge in [0.15, 0.2) is 0 Å². The Balaban J connectivity index is 1.44. The van der Waals surface area contributed by atoms with Crippen LogP contribution in [0.1, 0.15) is 30.2 Å². The van der Waals surface area contributed by atoms with Crippen LogP contribution in [0.3, 0.4) is 0 Å². The minimum Gasteiger partial charge on any atom is -0.420 e. The highest BCUT2D eigenvalue weighted by atomic mass is 19.1. The lowest BCUT2D eigenvalue weighted by atomic mass is 9.98. The molecule has 0 bridgehead atoms. The van der Waals surface area contributed by atoms with Gasteiger partial charge in [-0.3, -0.25) is 0 Å². The number of likely N-dealkylation sites (tertiary alicyclic amines) is 1. The minimum absolute atomic E-state index is 0.0157. The van der Waals surface area contributed by atoms with Gasteiger partial charge < -0.3 is 14.6 Å². The van der Waals surface area contributed by atoms with E-state index in [0.717, 1.165) is 24.1 Å². The molecule has 1 aliphatic rings. The van der Waals surface area contributed by atoms with Crippen LogP contribution < -0.4 is 5.32 Å². The number of anilines is 1. The van der Waals surface area contributed by atoms with Gasteiger partial charge in [-0.15, -0.1) is 10.2 Å². The number of aromatic nitrogens is 2. The third-order valence-electron chi connectivity index (χ3n) is 4.98. The van der Waals surface area contributed by atoms with Crippen LogP contribution in [0.15, 0.2) is 52.9 Å². The summed E-state index contributed by atoms with van der Waals surface area (Å²) in [6.07, 6.45) is 1.74. The molecule has 0 aliphatic carbocycles. The first-order chi connectivity index (χ1) is 13.6. The van der Waals surface area contributed by atoms with E-state index >= 15 is 0 Å². The van der Waals surface area contributed by atoms with E-state index in [4.69, 9.17) is 4.42 Å². The number of aryl methyl sites for hydroxylation is 1. The molecule has 28 heavy (non-hydrogen) atoms. The van der Waals surface area contributed by atoms with Crippen LogP contribution in [0, 0.1) is 12.7 Å². The fourth-order valence-corrected chi connectivity index (χ4v) is 3.38. The number of rotatable bonds is 3. The van der Waals surface area contributed by atoms with Gasteiger partial charge in [-0.05, 0) is 55.7 Å². The van der Waals surface area contributed by atoms with E-state index in [2.05, 4.69) is 15.5 Å². The Morgan fingerprint density at radius 2 is 1.96 bits per heavy atom. The second-order valence-electron chi connectivity index (χ2n) is 6.98. The van der Waals surface area contributed by atoms with Gasteiger partial charge in [0.25, 0.3) is 0 Å². The summed E-state index contributed by atoms with van der Waals surface area (Å²) in [4.78, 5) is 14.4. The molecule has 6 nitrogen and oxygen atoms in total. The number of amides is 2. The first-order valence-corrected chi connectivity index (χ1v) is 9.31. The Morgan fingerprint density at radius 1 is 1.18 bits per heavy atom. The summed E-state index contributed by atoms with van der Waals surface area (Å²) in [5, 5.41) is 11.2. The molecule has 1 aromatic heterocycles. The van der Waals surface area contributed by atoms with Gasteiger partial charge in [0.1, 0.15) is 5.82 Å². The normalized spacial score (nSPS) is 16.8. The van der Waals surface area contributed by atoms with Crippen molar-refractivity contribution in [3.8, 4) is 11.5 Å². The van der Waals surface area contributed by atoms with Crippen molar-refractivity contribution in [3.05, 3.63) is 65.8 Å². The van der Waals surface area contributed by atoms with E-state index in [-0.39, 0.29) is 17.8 Å².